The van der Waals surface area contributed by atoms with E-state index in [0.29, 0.717) is 0 Å². The molecule has 0 nitrogen and oxygen atoms in total. The van der Waals surface area contributed by atoms with Gasteiger partial charge in [-0.1, -0.05) is 98.8 Å². The van der Waals surface area contributed by atoms with Crippen molar-refractivity contribution < 1.29 is 0 Å². The zero-order valence-corrected chi connectivity index (χ0v) is 14.5. The molecular formula is C19H40. The Bertz CT molecular complexity index is 173. The lowest BCUT2D eigenvalue weighted by atomic mass is 9.89. The van der Waals surface area contributed by atoms with E-state index in [1.165, 1.54) is 70.6 Å². The van der Waals surface area contributed by atoms with Crippen molar-refractivity contribution in [3.05, 3.63) is 0 Å². The molecule has 0 spiro atoms. The standard InChI is InChI=1S/C19H40/c1-6-8-9-14-18(4)16-19(5)15-11-10-13-17(3)12-7-2/h17-19H,6-16H2,1-5H3. The molecule has 0 aromatic rings. The van der Waals surface area contributed by atoms with Gasteiger partial charge in [-0.15, -0.1) is 0 Å². The van der Waals surface area contributed by atoms with E-state index >= 15 is 0 Å². The monoisotopic (exact) mass is 268 g/mol. The van der Waals surface area contributed by atoms with Crippen LogP contribution in [0.15, 0.2) is 0 Å². The first kappa shape index (κ1) is 19.0. The van der Waals surface area contributed by atoms with E-state index < -0.39 is 0 Å². The number of unbranched alkanes of at least 4 members (excludes halogenated alkanes) is 3. The van der Waals surface area contributed by atoms with Crippen LogP contribution in [0.2, 0.25) is 0 Å². The predicted molar refractivity (Wildman–Crippen MR) is 89.6 cm³/mol. The summed E-state index contributed by atoms with van der Waals surface area (Å²) < 4.78 is 0. The van der Waals surface area contributed by atoms with E-state index in [1.807, 2.05) is 0 Å². The van der Waals surface area contributed by atoms with Gasteiger partial charge in [-0.25, -0.2) is 0 Å². The molecule has 0 aliphatic rings. The molecule has 0 bridgehead atoms. The minimum absolute atomic E-state index is 0.943. The lowest BCUT2D eigenvalue weighted by molar-refractivity contribution is 0.352. The molecule has 0 radical (unpaired) electrons. The Kier molecular flexibility index (Phi) is 13.0. The van der Waals surface area contributed by atoms with E-state index in [4.69, 9.17) is 0 Å². The first-order valence-corrected chi connectivity index (χ1v) is 9.10. The van der Waals surface area contributed by atoms with Crippen LogP contribution in [0.3, 0.4) is 0 Å². The van der Waals surface area contributed by atoms with Crippen LogP contribution in [-0.4, -0.2) is 0 Å². The van der Waals surface area contributed by atoms with E-state index in [2.05, 4.69) is 34.6 Å². The largest absolute Gasteiger partial charge is 0.0654 e. The first-order chi connectivity index (χ1) is 9.10. The Labute approximate surface area is 123 Å². The lowest BCUT2D eigenvalue weighted by Crippen LogP contribution is -2.04. The minimum atomic E-state index is 0.943. The molecule has 0 heteroatoms. The van der Waals surface area contributed by atoms with Crippen LogP contribution in [0.25, 0.3) is 0 Å². The second-order valence-corrected chi connectivity index (χ2v) is 7.12. The lowest BCUT2D eigenvalue weighted by Gasteiger charge is -2.17. The van der Waals surface area contributed by atoms with Crippen LogP contribution in [0.5, 0.6) is 0 Å². The Balaban J connectivity index is 3.45. The van der Waals surface area contributed by atoms with Crippen molar-refractivity contribution in [2.45, 2.75) is 105 Å². The van der Waals surface area contributed by atoms with Gasteiger partial charge in [-0.2, -0.15) is 0 Å². The predicted octanol–water partition coefficient (Wildman–Crippen LogP) is 7.23. The summed E-state index contributed by atoms with van der Waals surface area (Å²) in [4.78, 5) is 0. The van der Waals surface area contributed by atoms with E-state index in [0.717, 1.165) is 17.8 Å². The van der Waals surface area contributed by atoms with Gasteiger partial charge >= 0.3 is 0 Å². The summed E-state index contributed by atoms with van der Waals surface area (Å²) in [6.45, 7) is 11.9. The molecule has 0 rings (SSSR count). The van der Waals surface area contributed by atoms with Crippen molar-refractivity contribution in [3.63, 3.8) is 0 Å². The fraction of sp³-hybridized carbons (Fsp3) is 1.00. The fourth-order valence-corrected chi connectivity index (χ4v) is 3.29. The van der Waals surface area contributed by atoms with Gasteiger partial charge in [0.25, 0.3) is 0 Å². The van der Waals surface area contributed by atoms with Gasteiger partial charge in [0, 0.05) is 0 Å². The van der Waals surface area contributed by atoms with Gasteiger partial charge in [0.1, 0.15) is 0 Å². The SMILES string of the molecule is CCCCCC(C)CC(C)CCCCC(C)CCC. The molecule has 3 atom stereocenters. The average Bonchev–Trinajstić information content (AvgIpc) is 2.35. The molecule has 0 amide bonds. The van der Waals surface area contributed by atoms with E-state index in [1.54, 1.807) is 0 Å². The van der Waals surface area contributed by atoms with Gasteiger partial charge in [-0.3, -0.25) is 0 Å². The Morgan fingerprint density at radius 3 is 1.47 bits per heavy atom. The summed E-state index contributed by atoms with van der Waals surface area (Å²) in [5.41, 5.74) is 0. The third-order valence-electron chi connectivity index (χ3n) is 4.53. The maximum atomic E-state index is 2.46. The Morgan fingerprint density at radius 1 is 0.526 bits per heavy atom. The Hall–Kier alpha value is 0. The average molecular weight is 269 g/mol. The van der Waals surface area contributed by atoms with Crippen LogP contribution < -0.4 is 0 Å². The van der Waals surface area contributed by atoms with Crippen molar-refractivity contribution in [1.29, 1.82) is 0 Å². The number of hydrogen-bond donors (Lipinski definition) is 0. The van der Waals surface area contributed by atoms with Gasteiger partial charge in [0.05, 0.1) is 0 Å². The van der Waals surface area contributed by atoms with Crippen LogP contribution in [0.1, 0.15) is 105 Å². The summed E-state index contributed by atoms with van der Waals surface area (Å²) in [5, 5.41) is 0. The second-order valence-electron chi connectivity index (χ2n) is 7.12. The van der Waals surface area contributed by atoms with Gasteiger partial charge < -0.3 is 0 Å². The quantitative estimate of drug-likeness (QED) is 0.309. The van der Waals surface area contributed by atoms with Crippen molar-refractivity contribution in [1.82, 2.24) is 0 Å². The Morgan fingerprint density at radius 2 is 1.00 bits per heavy atom. The molecule has 0 N–H and O–H groups in total. The van der Waals surface area contributed by atoms with E-state index in [-0.39, 0.29) is 0 Å². The van der Waals surface area contributed by atoms with E-state index in [9.17, 15) is 0 Å². The summed E-state index contributed by atoms with van der Waals surface area (Å²) in [6.07, 6.45) is 15.7. The molecule has 0 saturated carbocycles. The third-order valence-corrected chi connectivity index (χ3v) is 4.53. The molecule has 0 aliphatic carbocycles. The van der Waals surface area contributed by atoms with Crippen LogP contribution >= 0.6 is 0 Å². The van der Waals surface area contributed by atoms with Gasteiger partial charge in [-0.05, 0) is 24.2 Å². The highest BCUT2D eigenvalue weighted by molar-refractivity contribution is 4.61. The van der Waals surface area contributed by atoms with Gasteiger partial charge in [0.2, 0.25) is 0 Å². The molecule has 0 aromatic heterocycles. The highest BCUT2D eigenvalue weighted by Crippen LogP contribution is 2.23. The summed E-state index contributed by atoms with van der Waals surface area (Å²) in [7, 11) is 0. The molecule has 0 heterocycles. The van der Waals surface area contributed by atoms with Crippen LogP contribution in [0, 0.1) is 17.8 Å². The fourth-order valence-electron chi connectivity index (χ4n) is 3.29. The zero-order valence-electron chi connectivity index (χ0n) is 14.5. The maximum absolute atomic E-state index is 2.46. The molecule has 0 fully saturated rings. The number of hydrogen-bond acceptors (Lipinski definition) is 0. The summed E-state index contributed by atoms with van der Waals surface area (Å²) in [6, 6.07) is 0. The summed E-state index contributed by atoms with van der Waals surface area (Å²) in [5.74, 6) is 2.84. The second kappa shape index (κ2) is 13.0. The highest BCUT2D eigenvalue weighted by Gasteiger charge is 2.09. The molecule has 116 valence electrons. The molecule has 19 heavy (non-hydrogen) atoms. The summed E-state index contributed by atoms with van der Waals surface area (Å²) >= 11 is 0. The highest BCUT2D eigenvalue weighted by atomic mass is 14.1. The maximum Gasteiger partial charge on any atom is -0.0440 e. The topological polar surface area (TPSA) is 0 Å². The molecule has 0 aromatic carbocycles. The third kappa shape index (κ3) is 12.8. The van der Waals surface area contributed by atoms with Crippen molar-refractivity contribution >= 4 is 0 Å². The molecular weight excluding hydrogens is 228 g/mol. The zero-order chi connectivity index (χ0) is 14.5. The first-order valence-electron chi connectivity index (χ1n) is 9.10. The van der Waals surface area contributed by atoms with Crippen molar-refractivity contribution in [2.24, 2.45) is 17.8 Å². The van der Waals surface area contributed by atoms with Crippen molar-refractivity contribution in [3.8, 4) is 0 Å². The normalized spacial score (nSPS) is 16.3. The van der Waals surface area contributed by atoms with Crippen LogP contribution in [-0.2, 0) is 0 Å². The van der Waals surface area contributed by atoms with Crippen LogP contribution in [0.4, 0.5) is 0 Å². The smallest absolute Gasteiger partial charge is 0.0440 e. The minimum Gasteiger partial charge on any atom is -0.0654 e. The molecule has 3 unspecified atom stereocenters. The van der Waals surface area contributed by atoms with Gasteiger partial charge in [0.15, 0.2) is 0 Å². The van der Waals surface area contributed by atoms with Crippen molar-refractivity contribution in [2.75, 3.05) is 0 Å². The molecule has 0 saturated heterocycles. The number of rotatable bonds is 13. The molecule has 0 aliphatic heterocycles.